The molecule has 0 fully saturated rings. The van der Waals surface area contributed by atoms with Crippen LogP contribution in [0.2, 0.25) is 0 Å². The Morgan fingerprint density at radius 3 is 2.83 bits per heavy atom. The number of rotatable bonds is 4. The summed E-state index contributed by atoms with van der Waals surface area (Å²) in [6.07, 6.45) is 3.58. The molecule has 1 unspecified atom stereocenters. The summed E-state index contributed by atoms with van der Waals surface area (Å²) in [7, 11) is 0. The SMILES string of the molecule is CCNC(C)c1c(F)cccc1-n1ccnc1C. The van der Waals surface area contributed by atoms with Crippen LogP contribution in [0.25, 0.3) is 5.69 Å². The second-order valence-corrected chi connectivity index (χ2v) is 4.30. The van der Waals surface area contributed by atoms with Crippen molar-refractivity contribution in [3.05, 3.63) is 47.8 Å². The molecule has 2 rings (SSSR count). The lowest BCUT2D eigenvalue weighted by Gasteiger charge is -2.19. The van der Waals surface area contributed by atoms with Crippen molar-refractivity contribution in [1.82, 2.24) is 14.9 Å². The number of aromatic nitrogens is 2. The van der Waals surface area contributed by atoms with Gasteiger partial charge in [0.15, 0.2) is 0 Å². The van der Waals surface area contributed by atoms with Crippen molar-refractivity contribution >= 4 is 0 Å². The molecule has 1 N–H and O–H groups in total. The van der Waals surface area contributed by atoms with Gasteiger partial charge in [0.25, 0.3) is 0 Å². The minimum atomic E-state index is -0.186. The molecule has 0 aliphatic rings. The number of imidazole rings is 1. The zero-order chi connectivity index (χ0) is 13.1. The quantitative estimate of drug-likeness (QED) is 0.900. The van der Waals surface area contributed by atoms with E-state index in [0.29, 0.717) is 5.56 Å². The molecule has 0 radical (unpaired) electrons. The summed E-state index contributed by atoms with van der Waals surface area (Å²) in [6.45, 7) is 6.70. The van der Waals surface area contributed by atoms with Crippen LogP contribution in [0.4, 0.5) is 4.39 Å². The van der Waals surface area contributed by atoms with Crippen LogP contribution in [0.5, 0.6) is 0 Å². The van der Waals surface area contributed by atoms with Crippen LogP contribution in [0.3, 0.4) is 0 Å². The number of nitrogens with one attached hydrogen (secondary N) is 1. The zero-order valence-electron chi connectivity index (χ0n) is 10.9. The first-order valence-electron chi connectivity index (χ1n) is 6.17. The highest BCUT2D eigenvalue weighted by Gasteiger charge is 2.16. The van der Waals surface area contributed by atoms with Crippen LogP contribution in [0, 0.1) is 12.7 Å². The van der Waals surface area contributed by atoms with E-state index in [1.807, 2.05) is 37.6 Å². The molecule has 4 heteroatoms. The molecule has 0 amide bonds. The summed E-state index contributed by atoms with van der Waals surface area (Å²) in [6, 6.07) is 5.11. The molecule has 0 saturated carbocycles. The van der Waals surface area contributed by atoms with Crippen LogP contribution >= 0.6 is 0 Å². The smallest absolute Gasteiger partial charge is 0.130 e. The number of hydrogen-bond acceptors (Lipinski definition) is 2. The summed E-state index contributed by atoms with van der Waals surface area (Å²) in [5.74, 6) is 0.666. The number of nitrogens with zero attached hydrogens (tertiary/aromatic N) is 2. The molecule has 18 heavy (non-hydrogen) atoms. The molecule has 3 nitrogen and oxygen atoms in total. The molecule has 0 aliphatic heterocycles. The average Bonchev–Trinajstić information content (AvgIpc) is 2.75. The Labute approximate surface area is 107 Å². The summed E-state index contributed by atoms with van der Waals surface area (Å²) >= 11 is 0. The van der Waals surface area contributed by atoms with Gasteiger partial charge < -0.3 is 9.88 Å². The fourth-order valence-corrected chi connectivity index (χ4v) is 2.21. The second kappa shape index (κ2) is 5.31. The van der Waals surface area contributed by atoms with Gasteiger partial charge in [-0.3, -0.25) is 0 Å². The molecule has 1 aromatic carbocycles. The van der Waals surface area contributed by atoms with Gasteiger partial charge in [-0.15, -0.1) is 0 Å². The normalized spacial score (nSPS) is 12.7. The standard InChI is InChI=1S/C14H18FN3/c1-4-16-10(2)14-12(15)6-5-7-13(14)18-9-8-17-11(18)3/h5-10,16H,4H2,1-3H3. The molecule has 0 saturated heterocycles. The largest absolute Gasteiger partial charge is 0.310 e. The van der Waals surface area contributed by atoms with Crippen LogP contribution in [-0.4, -0.2) is 16.1 Å². The number of hydrogen-bond donors (Lipinski definition) is 1. The van der Waals surface area contributed by atoms with Gasteiger partial charge in [-0.2, -0.15) is 0 Å². The first-order valence-corrected chi connectivity index (χ1v) is 6.17. The zero-order valence-corrected chi connectivity index (χ0v) is 10.9. The number of halogens is 1. The monoisotopic (exact) mass is 247 g/mol. The van der Waals surface area contributed by atoms with Crippen molar-refractivity contribution in [3.63, 3.8) is 0 Å². The number of benzene rings is 1. The van der Waals surface area contributed by atoms with E-state index >= 15 is 0 Å². The lowest BCUT2D eigenvalue weighted by molar-refractivity contribution is 0.538. The van der Waals surface area contributed by atoms with E-state index in [1.165, 1.54) is 6.07 Å². The minimum absolute atomic E-state index is 0.0343. The van der Waals surface area contributed by atoms with Gasteiger partial charge in [-0.1, -0.05) is 13.0 Å². The van der Waals surface area contributed by atoms with E-state index in [-0.39, 0.29) is 11.9 Å². The van der Waals surface area contributed by atoms with E-state index in [4.69, 9.17) is 0 Å². The summed E-state index contributed by atoms with van der Waals surface area (Å²) in [5, 5.41) is 3.25. The van der Waals surface area contributed by atoms with Gasteiger partial charge in [0.2, 0.25) is 0 Å². The predicted molar refractivity (Wildman–Crippen MR) is 70.4 cm³/mol. The van der Waals surface area contributed by atoms with Gasteiger partial charge in [0.1, 0.15) is 11.6 Å². The van der Waals surface area contributed by atoms with E-state index in [9.17, 15) is 4.39 Å². The molecule has 1 atom stereocenters. The topological polar surface area (TPSA) is 29.9 Å². The molecule has 1 aromatic heterocycles. The Bertz CT molecular complexity index is 534. The summed E-state index contributed by atoms with van der Waals surface area (Å²) in [5.41, 5.74) is 1.53. The third-order valence-electron chi connectivity index (χ3n) is 3.06. The third kappa shape index (κ3) is 2.29. The van der Waals surface area contributed by atoms with Crippen molar-refractivity contribution < 1.29 is 4.39 Å². The molecule has 0 spiro atoms. The van der Waals surface area contributed by atoms with Gasteiger partial charge >= 0.3 is 0 Å². The maximum atomic E-state index is 14.1. The third-order valence-corrected chi connectivity index (χ3v) is 3.06. The molecule has 1 heterocycles. The van der Waals surface area contributed by atoms with Gasteiger partial charge in [0, 0.05) is 24.0 Å². The highest BCUT2D eigenvalue weighted by molar-refractivity contribution is 5.44. The van der Waals surface area contributed by atoms with Crippen LogP contribution in [-0.2, 0) is 0 Å². The van der Waals surface area contributed by atoms with E-state index in [0.717, 1.165) is 18.1 Å². The molecule has 96 valence electrons. The Morgan fingerprint density at radius 1 is 1.44 bits per heavy atom. The van der Waals surface area contributed by atoms with E-state index in [1.54, 1.807) is 12.3 Å². The van der Waals surface area contributed by atoms with Crippen LogP contribution < -0.4 is 5.32 Å². The lowest BCUT2D eigenvalue weighted by atomic mass is 10.0. The first-order chi connectivity index (χ1) is 8.65. The van der Waals surface area contributed by atoms with Gasteiger partial charge in [0.05, 0.1) is 5.69 Å². The second-order valence-electron chi connectivity index (χ2n) is 4.30. The predicted octanol–water partition coefficient (Wildman–Crippen LogP) is 2.99. The van der Waals surface area contributed by atoms with E-state index in [2.05, 4.69) is 10.3 Å². The van der Waals surface area contributed by atoms with Gasteiger partial charge in [-0.25, -0.2) is 9.37 Å². The highest BCUT2D eigenvalue weighted by atomic mass is 19.1. The van der Waals surface area contributed by atoms with E-state index < -0.39 is 0 Å². The van der Waals surface area contributed by atoms with Crippen molar-refractivity contribution in [2.24, 2.45) is 0 Å². The fourth-order valence-electron chi connectivity index (χ4n) is 2.21. The van der Waals surface area contributed by atoms with Crippen molar-refractivity contribution in [1.29, 1.82) is 0 Å². The summed E-state index contributed by atoms with van der Waals surface area (Å²) < 4.78 is 16.0. The van der Waals surface area contributed by atoms with Crippen LogP contribution in [0.15, 0.2) is 30.6 Å². The molecule has 2 aromatic rings. The van der Waals surface area contributed by atoms with Crippen LogP contribution in [0.1, 0.15) is 31.3 Å². The Kier molecular flexibility index (Phi) is 3.77. The molecular formula is C14H18FN3. The molecule has 0 aliphatic carbocycles. The fraction of sp³-hybridized carbons (Fsp3) is 0.357. The lowest BCUT2D eigenvalue weighted by Crippen LogP contribution is -2.20. The van der Waals surface area contributed by atoms with Crippen molar-refractivity contribution in [3.8, 4) is 5.69 Å². The average molecular weight is 247 g/mol. The summed E-state index contributed by atoms with van der Waals surface area (Å²) in [4.78, 5) is 4.19. The maximum absolute atomic E-state index is 14.1. The first kappa shape index (κ1) is 12.8. The highest BCUT2D eigenvalue weighted by Crippen LogP contribution is 2.25. The Hall–Kier alpha value is -1.68. The minimum Gasteiger partial charge on any atom is -0.310 e. The molecular weight excluding hydrogens is 229 g/mol. The Balaban J connectivity index is 2.54. The van der Waals surface area contributed by atoms with Crippen molar-refractivity contribution in [2.75, 3.05) is 6.54 Å². The number of aryl methyl sites for hydroxylation is 1. The van der Waals surface area contributed by atoms with Crippen molar-refractivity contribution in [2.45, 2.75) is 26.8 Å². The Morgan fingerprint density at radius 2 is 2.22 bits per heavy atom. The van der Waals surface area contributed by atoms with Gasteiger partial charge in [-0.05, 0) is 32.5 Å². The molecule has 0 bridgehead atoms. The maximum Gasteiger partial charge on any atom is 0.130 e.